The van der Waals surface area contributed by atoms with Gasteiger partial charge in [-0.2, -0.15) is 0 Å². The molecule has 92 valence electrons. The quantitative estimate of drug-likeness (QED) is 0.779. The zero-order valence-electron chi connectivity index (χ0n) is 10.5. The first-order valence-corrected chi connectivity index (χ1v) is 6.77. The average molecular weight is 231 g/mol. The third-order valence-corrected chi connectivity index (χ3v) is 4.85. The van der Waals surface area contributed by atoms with Crippen LogP contribution >= 0.6 is 0 Å². The Kier molecular flexibility index (Phi) is 2.62. The van der Waals surface area contributed by atoms with Crippen molar-refractivity contribution < 1.29 is 5.11 Å². The molecule has 0 radical (unpaired) electrons. The second kappa shape index (κ2) is 4.02. The van der Waals surface area contributed by atoms with Crippen LogP contribution in [0.3, 0.4) is 0 Å². The smallest absolute Gasteiger partial charge is 0.115 e. The molecule has 0 unspecified atom stereocenters. The molecule has 0 saturated heterocycles. The molecule has 2 aliphatic carbocycles. The maximum Gasteiger partial charge on any atom is 0.115 e. The van der Waals surface area contributed by atoms with E-state index in [1.807, 2.05) is 12.1 Å². The molecule has 2 N–H and O–H groups in total. The van der Waals surface area contributed by atoms with Crippen LogP contribution in [-0.2, 0) is 12.0 Å². The summed E-state index contributed by atoms with van der Waals surface area (Å²) in [5.41, 5.74) is 2.96. The maximum atomic E-state index is 9.62. The molecular formula is C15H21NO. The fourth-order valence-corrected chi connectivity index (χ4v) is 4.01. The molecule has 0 spiro atoms. The van der Waals surface area contributed by atoms with Crippen LogP contribution in [0.25, 0.3) is 0 Å². The van der Waals surface area contributed by atoms with Crippen molar-refractivity contribution in [3.05, 3.63) is 29.3 Å². The van der Waals surface area contributed by atoms with E-state index in [2.05, 4.69) is 18.4 Å². The molecule has 2 heteroatoms. The zero-order chi connectivity index (χ0) is 11.9. The van der Waals surface area contributed by atoms with Crippen molar-refractivity contribution in [3.8, 4) is 5.75 Å². The third kappa shape index (κ3) is 1.58. The van der Waals surface area contributed by atoms with Gasteiger partial charge in [0.2, 0.25) is 0 Å². The van der Waals surface area contributed by atoms with E-state index in [-0.39, 0.29) is 5.54 Å². The maximum absolute atomic E-state index is 9.62. The Balaban J connectivity index is 2.11. The lowest BCUT2D eigenvalue weighted by atomic mass is 9.62. The van der Waals surface area contributed by atoms with Crippen LogP contribution in [0.2, 0.25) is 0 Å². The minimum absolute atomic E-state index is 0.180. The molecule has 2 atom stereocenters. The van der Waals surface area contributed by atoms with E-state index in [4.69, 9.17) is 0 Å². The number of hydrogen-bond acceptors (Lipinski definition) is 2. The van der Waals surface area contributed by atoms with Crippen molar-refractivity contribution in [1.29, 1.82) is 0 Å². The predicted molar refractivity (Wildman–Crippen MR) is 69.1 cm³/mol. The summed E-state index contributed by atoms with van der Waals surface area (Å²) >= 11 is 0. The number of phenolic OH excluding ortho intramolecular Hbond substituents is 1. The van der Waals surface area contributed by atoms with Crippen LogP contribution in [0, 0.1) is 5.92 Å². The highest BCUT2D eigenvalue weighted by molar-refractivity contribution is 5.42. The van der Waals surface area contributed by atoms with E-state index in [1.165, 1.54) is 43.2 Å². The van der Waals surface area contributed by atoms with E-state index < -0.39 is 0 Å². The van der Waals surface area contributed by atoms with Crippen molar-refractivity contribution in [3.63, 3.8) is 0 Å². The van der Waals surface area contributed by atoms with Gasteiger partial charge in [-0.3, -0.25) is 0 Å². The van der Waals surface area contributed by atoms with Crippen molar-refractivity contribution in [2.45, 2.75) is 44.1 Å². The number of fused-ring (bicyclic) bond motifs is 3. The minimum atomic E-state index is 0.180. The summed E-state index contributed by atoms with van der Waals surface area (Å²) in [7, 11) is 2.10. The third-order valence-electron chi connectivity index (χ3n) is 4.85. The topological polar surface area (TPSA) is 32.3 Å². The Hall–Kier alpha value is -1.02. The molecule has 0 bridgehead atoms. The standard InChI is InChI=1S/C15H21NO/c1-16-15-9-3-2-4-12(15)6-5-11-10-13(17)7-8-14(11)15/h7-8,10,12,16-17H,2-6,9H2,1H3/t12-,15+/m1/s1. The first kappa shape index (κ1) is 11.1. The number of phenols is 1. The van der Waals surface area contributed by atoms with E-state index in [9.17, 15) is 5.11 Å². The van der Waals surface area contributed by atoms with Gasteiger partial charge in [-0.25, -0.2) is 0 Å². The molecular weight excluding hydrogens is 210 g/mol. The van der Waals surface area contributed by atoms with E-state index >= 15 is 0 Å². The number of aromatic hydroxyl groups is 1. The monoisotopic (exact) mass is 231 g/mol. The summed E-state index contributed by atoms with van der Waals surface area (Å²) in [5, 5.41) is 13.2. The predicted octanol–water partition coefficient (Wildman–Crippen LogP) is 2.94. The van der Waals surface area contributed by atoms with Gasteiger partial charge in [0.15, 0.2) is 0 Å². The highest BCUT2D eigenvalue weighted by atomic mass is 16.3. The lowest BCUT2D eigenvalue weighted by Crippen LogP contribution is -2.51. The SMILES string of the molecule is CN[C@@]12CCCC[C@@H]1CCc1cc(O)ccc12. The first-order chi connectivity index (χ1) is 8.26. The molecule has 1 fully saturated rings. The number of benzene rings is 1. The summed E-state index contributed by atoms with van der Waals surface area (Å²) in [6, 6.07) is 5.94. The van der Waals surface area contributed by atoms with Gasteiger partial charge in [0.05, 0.1) is 0 Å². The van der Waals surface area contributed by atoms with Crippen molar-refractivity contribution in [1.82, 2.24) is 5.32 Å². The summed E-state index contributed by atoms with van der Waals surface area (Å²) in [5.74, 6) is 1.18. The van der Waals surface area contributed by atoms with Crippen LogP contribution in [0.15, 0.2) is 18.2 Å². The van der Waals surface area contributed by atoms with Gasteiger partial charge in [0, 0.05) is 5.54 Å². The Morgan fingerprint density at radius 2 is 2.18 bits per heavy atom. The molecule has 0 aromatic heterocycles. The molecule has 1 saturated carbocycles. The molecule has 2 aliphatic rings. The van der Waals surface area contributed by atoms with E-state index in [0.717, 1.165) is 12.3 Å². The summed E-state index contributed by atoms with van der Waals surface area (Å²) in [6.45, 7) is 0. The number of rotatable bonds is 1. The summed E-state index contributed by atoms with van der Waals surface area (Å²) < 4.78 is 0. The Labute approximate surface area is 103 Å². The van der Waals surface area contributed by atoms with Gasteiger partial charge in [0.25, 0.3) is 0 Å². The van der Waals surface area contributed by atoms with Crippen molar-refractivity contribution in [2.24, 2.45) is 5.92 Å². The molecule has 3 rings (SSSR count). The molecule has 1 aromatic rings. The highest BCUT2D eigenvalue weighted by Gasteiger charge is 2.44. The van der Waals surface area contributed by atoms with Crippen molar-refractivity contribution in [2.75, 3.05) is 7.05 Å². The van der Waals surface area contributed by atoms with Gasteiger partial charge in [0.1, 0.15) is 5.75 Å². The van der Waals surface area contributed by atoms with Gasteiger partial charge in [-0.1, -0.05) is 18.9 Å². The second-order valence-corrected chi connectivity index (χ2v) is 5.54. The Morgan fingerprint density at radius 3 is 3.00 bits per heavy atom. The average Bonchev–Trinajstić information content (AvgIpc) is 2.37. The van der Waals surface area contributed by atoms with E-state index in [1.54, 1.807) is 0 Å². The number of nitrogens with one attached hydrogen (secondary N) is 1. The summed E-state index contributed by atoms with van der Waals surface area (Å²) in [4.78, 5) is 0. The normalized spacial score (nSPS) is 31.7. The van der Waals surface area contributed by atoms with Crippen LogP contribution in [0.5, 0.6) is 5.75 Å². The van der Waals surface area contributed by atoms with Crippen LogP contribution < -0.4 is 5.32 Å². The molecule has 2 nitrogen and oxygen atoms in total. The lowest BCUT2D eigenvalue weighted by Gasteiger charge is -2.48. The minimum Gasteiger partial charge on any atom is -0.508 e. The fraction of sp³-hybridized carbons (Fsp3) is 0.600. The van der Waals surface area contributed by atoms with Crippen LogP contribution in [-0.4, -0.2) is 12.2 Å². The largest absolute Gasteiger partial charge is 0.508 e. The first-order valence-electron chi connectivity index (χ1n) is 6.77. The van der Waals surface area contributed by atoms with Crippen LogP contribution in [0.4, 0.5) is 0 Å². The Morgan fingerprint density at radius 1 is 1.29 bits per heavy atom. The zero-order valence-corrected chi connectivity index (χ0v) is 10.5. The van der Waals surface area contributed by atoms with Gasteiger partial charge in [-0.15, -0.1) is 0 Å². The summed E-state index contributed by atoms with van der Waals surface area (Å²) in [6.07, 6.45) is 7.67. The van der Waals surface area contributed by atoms with Gasteiger partial charge >= 0.3 is 0 Å². The molecule has 17 heavy (non-hydrogen) atoms. The number of aryl methyl sites for hydroxylation is 1. The van der Waals surface area contributed by atoms with Crippen LogP contribution in [0.1, 0.15) is 43.2 Å². The van der Waals surface area contributed by atoms with Gasteiger partial charge in [-0.05, 0) is 61.9 Å². The fourth-order valence-electron chi connectivity index (χ4n) is 4.01. The highest BCUT2D eigenvalue weighted by Crippen LogP contribution is 2.48. The molecule has 1 aromatic carbocycles. The Bertz CT molecular complexity index is 429. The molecule has 0 aliphatic heterocycles. The van der Waals surface area contributed by atoms with Gasteiger partial charge < -0.3 is 10.4 Å². The molecule has 0 heterocycles. The van der Waals surface area contributed by atoms with Crippen molar-refractivity contribution >= 4 is 0 Å². The van der Waals surface area contributed by atoms with E-state index in [0.29, 0.717) is 5.75 Å². The number of hydrogen-bond donors (Lipinski definition) is 2. The molecule has 0 amide bonds. The lowest BCUT2D eigenvalue weighted by molar-refractivity contribution is 0.129. The second-order valence-electron chi connectivity index (χ2n) is 5.54.